The molecule has 236 valence electrons. The van der Waals surface area contributed by atoms with Gasteiger partial charge in [0.1, 0.15) is 30.4 Å². The minimum Gasteiger partial charge on any atom is -0.486 e. The summed E-state index contributed by atoms with van der Waals surface area (Å²) in [4.78, 5) is 13.7. The van der Waals surface area contributed by atoms with Crippen molar-refractivity contribution in [3.8, 4) is 11.6 Å². The number of anilines is 1. The largest absolute Gasteiger partial charge is 0.486 e. The number of aliphatic carboxylic acids is 1. The molecule has 0 saturated heterocycles. The number of carboxylic acid groups (broad SMARTS) is 1. The van der Waals surface area contributed by atoms with Crippen LogP contribution in [0.15, 0.2) is 53.6 Å². The number of ether oxygens (including phenoxy) is 2. The van der Waals surface area contributed by atoms with Crippen molar-refractivity contribution < 1.29 is 55.6 Å². The van der Waals surface area contributed by atoms with Crippen LogP contribution in [0.3, 0.4) is 0 Å². The minimum atomic E-state index is -4.99. The van der Waals surface area contributed by atoms with Gasteiger partial charge < -0.3 is 24.8 Å². The van der Waals surface area contributed by atoms with Crippen LogP contribution in [0.2, 0.25) is 5.02 Å². The summed E-state index contributed by atoms with van der Waals surface area (Å²) in [5, 5.41) is 28.0. The number of nitrogens with zero attached hydrogens (tertiary/aromatic N) is 2. The lowest BCUT2D eigenvalue weighted by molar-refractivity contribution is -0.138. The fourth-order valence-electron chi connectivity index (χ4n) is 4.17. The van der Waals surface area contributed by atoms with Crippen LogP contribution >= 0.6 is 11.6 Å². The van der Waals surface area contributed by atoms with Crippen LogP contribution in [-0.2, 0) is 21.0 Å². The number of alkyl halides is 3. The third kappa shape index (κ3) is 7.59. The third-order valence-corrected chi connectivity index (χ3v) is 8.48. The molecule has 3 N–H and O–H groups in total. The second-order valence-corrected chi connectivity index (χ2v) is 11.8. The molecule has 10 nitrogen and oxygen atoms in total. The second kappa shape index (κ2) is 13.4. The summed E-state index contributed by atoms with van der Waals surface area (Å²) in [6, 6.07) is 8.63. The Morgan fingerprint density at radius 3 is 2.64 bits per heavy atom. The maximum absolute atomic E-state index is 14.3. The van der Waals surface area contributed by atoms with Gasteiger partial charge in [0.25, 0.3) is 10.0 Å². The Kier molecular flexibility index (Phi) is 10.0. The first kappa shape index (κ1) is 33.0. The van der Waals surface area contributed by atoms with E-state index in [4.69, 9.17) is 31.3 Å². The van der Waals surface area contributed by atoms with E-state index in [1.165, 1.54) is 48.6 Å². The molecular weight excluding hydrogens is 636 g/mol. The molecule has 0 spiro atoms. The van der Waals surface area contributed by atoms with E-state index in [1.54, 1.807) is 0 Å². The number of aromatic nitrogens is 1. The molecule has 0 fully saturated rings. The summed E-state index contributed by atoms with van der Waals surface area (Å²) in [6.45, 7) is -1.96. The number of pyridine rings is 1. The topological polar surface area (TPSA) is 146 Å². The Labute approximate surface area is 253 Å². The lowest BCUT2D eigenvalue weighted by atomic mass is 10.1. The Hall–Kier alpha value is -3.92. The van der Waals surface area contributed by atoms with Crippen molar-refractivity contribution >= 4 is 45.4 Å². The summed E-state index contributed by atoms with van der Waals surface area (Å²) in [6.07, 6.45) is -4.87. The monoisotopic (exact) mass is 660 g/mol. The molecule has 3 aromatic rings. The molecule has 2 atom stereocenters. The summed E-state index contributed by atoms with van der Waals surface area (Å²) < 4.78 is 95.2. The highest BCUT2D eigenvalue weighted by Gasteiger charge is 2.40. The van der Waals surface area contributed by atoms with Crippen molar-refractivity contribution in [2.24, 2.45) is 0 Å². The molecule has 0 saturated carbocycles. The SMILES string of the molecule is O=C(O)CC[C@H]1CN(S(=O)(=O)c2cc(C(F)(F)F)cnc2OCC(O)CO)c2cc(/C=C/c3c(F)cccc3Cl)ccc2O1. The zero-order chi connectivity index (χ0) is 32.2. The van der Waals surface area contributed by atoms with Gasteiger partial charge in [-0.2, -0.15) is 13.2 Å². The average Bonchev–Trinajstić information content (AvgIpc) is 2.97. The van der Waals surface area contributed by atoms with Crippen LogP contribution in [0.5, 0.6) is 11.6 Å². The molecule has 0 radical (unpaired) electrons. The number of carbonyl (C=O) groups is 1. The molecule has 1 aliphatic rings. The molecule has 1 aromatic heterocycles. The van der Waals surface area contributed by atoms with Gasteiger partial charge >= 0.3 is 12.1 Å². The maximum atomic E-state index is 14.3. The third-order valence-electron chi connectivity index (χ3n) is 6.37. The fourth-order valence-corrected chi connectivity index (χ4v) is 6.01. The molecule has 2 aromatic carbocycles. The van der Waals surface area contributed by atoms with Gasteiger partial charge in [0.05, 0.1) is 29.4 Å². The lowest BCUT2D eigenvalue weighted by Crippen LogP contribution is -2.44. The second-order valence-electron chi connectivity index (χ2n) is 9.58. The van der Waals surface area contributed by atoms with Crippen LogP contribution in [0.1, 0.15) is 29.5 Å². The zero-order valence-corrected chi connectivity index (χ0v) is 24.1. The minimum absolute atomic E-state index is 0.0191. The van der Waals surface area contributed by atoms with Crippen molar-refractivity contribution in [2.45, 2.75) is 36.1 Å². The maximum Gasteiger partial charge on any atom is 0.417 e. The highest BCUT2D eigenvalue weighted by atomic mass is 35.5. The first-order valence-corrected chi connectivity index (χ1v) is 14.7. The predicted molar refractivity (Wildman–Crippen MR) is 150 cm³/mol. The number of carboxylic acids is 1. The number of aliphatic hydroxyl groups excluding tert-OH is 2. The van der Waals surface area contributed by atoms with Gasteiger partial charge in [0.15, 0.2) is 4.90 Å². The Morgan fingerprint density at radius 1 is 1.23 bits per heavy atom. The quantitative estimate of drug-likeness (QED) is 0.198. The molecule has 2 heterocycles. The summed E-state index contributed by atoms with van der Waals surface area (Å²) in [5.41, 5.74) is -1.12. The highest BCUT2D eigenvalue weighted by molar-refractivity contribution is 7.93. The number of hydrogen-bond acceptors (Lipinski definition) is 8. The average molecular weight is 661 g/mol. The molecule has 0 aliphatic carbocycles. The summed E-state index contributed by atoms with van der Waals surface area (Å²) in [7, 11) is -4.94. The number of rotatable bonds is 11. The fraction of sp³-hybridized carbons (Fsp3) is 0.286. The van der Waals surface area contributed by atoms with E-state index in [-0.39, 0.29) is 28.4 Å². The van der Waals surface area contributed by atoms with Gasteiger partial charge in [-0.05, 0) is 48.4 Å². The van der Waals surface area contributed by atoms with Crippen molar-refractivity contribution in [3.63, 3.8) is 0 Å². The predicted octanol–water partition coefficient (Wildman–Crippen LogP) is 4.62. The molecule has 1 unspecified atom stereocenters. The molecular formula is C28H25ClF4N2O8S. The Morgan fingerprint density at radius 2 is 1.98 bits per heavy atom. The number of fused-ring (bicyclic) bond motifs is 1. The van der Waals surface area contributed by atoms with Gasteiger partial charge in [0, 0.05) is 18.2 Å². The van der Waals surface area contributed by atoms with Crippen molar-refractivity contribution in [1.82, 2.24) is 4.98 Å². The van der Waals surface area contributed by atoms with Crippen LogP contribution in [-0.4, -0.2) is 66.7 Å². The van der Waals surface area contributed by atoms with Gasteiger partial charge in [-0.1, -0.05) is 29.8 Å². The first-order valence-electron chi connectivity index (χ1n) is 12.9. The van der Waals surface area contributed by atoms with E-state index in [0.29, 0.717) is 17.8 Å². The smallest absolute Gasteiger partial charge is 0.417 e. The summed E-state index contributed by atoms with van der Waals surface area (Å²) >= 11 is 6.08. The highest BCUT2D eigenvalue weighted by Crippen LogP contribution is 2.41. The van der Waals surface area contributed by atoms with Crippen LogP contribution in [0.25, 0.3) is 12.2 Å². The van der Waals surface area contributed by atoms with Crippen LogP contribution < -0.4 is 13.8 Å². The molecule has 1 aliphatic heterocycles. The van der Waals surface area contributed by atoms with E-state index in [9.17, 15) is 35.9 Å². The Balaban J connectivity index is 1.83. The number of aliphatic hydroxyl groups is 2. The van der Waals surface area contributed by atoms with Gasteiger partial charge in [-0.3, -0.25) is 9.10 Å². The lowest BCUT2D eigenvalue weighted by Gasteiger charge is -2.36. The zero-order valence-electron chi connectivity index (χ0n) is 22.5. The van der Waals surface area contributed by atoms with Crippen molar-refractivity contribution in [2.75, 3.05) is 24.1 Å². The van der Waals surface area contributed by atoms with Gasteiger partial charge in [-0.15, -0.1) is 0 Å². The number of benzene rings is 2. The standard InChI is InChI=1S/C28H25ClF4N2O8S/c29-21-2-1-3-22(30)20(21)7-4-16-5-8-24-23(10-16)35(13-19(43-24)6-9-26(38)39)44(40,41)25-11-17(28(31,32)33)12-34-27(25)42-15-18(37)14-36/h1-5,7-8,10-12,18-19,36-37H,6,9,13-15H2,(H,38,39)/b7-4+/t18?,19-/m0/s1. The van der Waals surface area contributed by atoms with Gasteiger partial charge in [0.2, 0.25) is 5.88 Å². The number of halogens is 5. The van der Waals surface area contributed by atoms with E-state index < -0.39 is 82.7 Å². The normalized spacial score (nSPS) is 16.0. The number of sulfonamides is 1. The van der Waals surface area contributed by atoms with Crippen molar-refractivity contribution in [3.05, 3.63) is 76.2 Å². The summed E-state index contributed by atoms with van der Waals surface area (Å²) in [5.74, 6) is -2.59. The van der Waals surface area contributed by atoms with E-state index in [2.05, 4.69) is 4.98 Å². The van der Waals surface area contributed by atoms with Gasteiger partial charge in [-0.25, -0.2) is 17.8 Å². The molecule has 0 bridgehead atoms. The Bertz CT molecular complexity index is 1650. The van der Waals surface area contributed by atoms with Crippen LogP contribution in [0, 0.1) is 5.82 Å². The molecule has 44 heavy (non-hydrogen) atoms. The molecule has 0 amide bonds. The number of hydrogen-bond donors (Lipinski definition) is 3. The van der Waals surface area contributed by atoms with Crippen molar-refractivity contribution in [1.29, 1.82) is 0 Å². The molecule has 4 rings (SSSR count). The van der Waals surface area contributed by atoms with E-state index >= 15 is 0 Å². The first-order chi connectivity index (χ1) is 20.7. The van der Waals surface area contributed by atoms with Crippen LogP contribution in [0.4, 0.5) is 23.2 Å². The molecule has 16 heteroatoms. The van der Waals surface area contributed by atoms with E-state index in [1.807, 2.05) is 0 Å². The van der Waals surface area contributed by atoms with E-state index in [0.717, 1.165) is 4.31 Å².